The van der Waals surface area contributed by atoms with E-state index in [-0.39, 0.29) is 23.7 Å². The molecule has 2 N–H and O–H groups in total. The number of nitrogens with zero attached hydrogens (tertiary/aromatic N) is 4. The van der Waals surface area contributed by atoms with Crippen LogP contribution in [0.15, 0.2) is 85.3 Å². The molecule has 1 fully saturated rings. The standard InChI is InChI=1S/C38H40N6O4/c1-25-33-21-36(40-24-34(33)32-13-12-30(20-35(32)48-25)44-16-6-10-38(44)47)41-28-19-29(23-39-22-28)42-37(46)14-11-26-7-4-8-27(17-26)18-31(45)9-5-15-43(2)3/h4-5,7-9,12-13,17,19-25H,6,10-11,14-16,18H2,1-3H3,(H,40,41)(H,42,46)/b9-5+. The van der Waals surface area contributed by atoms with E-state index in [4.69, 9.17) is 4.74 Å². The van der Waals surface area contributed by atoms with Gasteiger partial charge in [0.25, 0.3) is 0 Å². The average molecular weight is 645 g/mol. The quantitative estimate of drug-likeness (QED) is 0.174. The Kier molecular flexibility index (Phi) is 9.91. The first kappa shape index (κ1) is 32.6. The molecule has 10 nitrogen and oxygen atoms in total. The summed E-state index contributed by atoms with van der Waals surface area (Å²) >= 11 is 0. The number of anilines is 4. The summed E-state index contributed by atoms with van der Waals surface area (Å²) < 4.78 is 6.29. The topological polar surface area (TPSA) is 117 Å². The number of aromatic nitrogens is 2. The molecule has 4 aromatic rings. The number of pyridine rings is 2. The zero-order chi connectivity index (χ0) is 33.6. The van der Waals surface area contributed by atoms with Crippen molar-refractivity contribution in [2.45, 2.75) is 45.1 Å². The molecule has 1 saturated heterocycles. The summed E-state index contributed by atoms with van der Waals surface area (Å²) in [6.07, 6.45) is 11.0. The predicted octanol–water partition coefficient (Wildman–Crippen LogP) is 6.27. The van der Waals surface area contributed by atoms with Gasteiger partial charge in [-0.2, -0.15) is 0 Å². The number of hydrogen-bond donors (Lipinski definition) is 2. The number of likely N-dealkylation sites (N-methyl/N-ethyl adjacent to an activating group) is 1. The predicted molar refractivity (Wildman–Crippen MR) is 188 cm³/mol. The van der Waals surface area contributed by atoms with Crippen molar-refractivity contribution in [3.8, 4) is 16.9 Å². The molecule has 2 aliphatic heterocycles. The van der Waals surface area contributed by atoms with E-state index >= 15 is 0 Å². The molecule has 4 heterocycles. The number of benzene rings is 2. The Hall–Kier alpha value is -5.35. The Labute approximate surface area is 280 Å². The third-order valence-electron chi connectivity index (χ3n) is 8.40. The van der Waals surface area contributed by atoms with E-state index < -0.39 is 0 Å². The van der Waals surface area contributed by atoms with E-state index in [1.165, 1.54) is 0 Å². The molecule has 10 heteroatoms. The molecule has 0 saturated carbocycles. The van der Waals surface area contributed by atoms with E-state index in [0.29, 0.717) is 42.9 Å². The van der Waals surface area contributed by atoms with Crippen LogP contribution < -0.4 is 20.3 Å². The van der Waals surface area contributed by atoms with Crippen molar-refractivity contribution in [2.75, 3.05) is 42.7 Å². The normalized spacial score (nSPS) is 15.3. The van der Waals surface area contributed by atoms with Gasteiger partial charge in [-0.1, -0.05) is 30.3 Å². The van der Waals surface area contributed by atoms with Crippen LogP contribution in [0, 0.1) is 0 Å². The van der Waals surface area contributed by atoms with Crippen molar-refractivity contribution in [2.24, 2.45) is 0 Å². The van der Waals surface area contributed by atoms with Crippen LogP contribution in [0.5, 0.6) is 5.75 Å². The maximum Gasteiger partial charge on any atom is 0.227 e. The van der Waals surface area contributed by atoms with Crippen molar-refractivity contribution in [1.29, 1.82) is 0 Å². The molecule has 2 amide bonds. The van der Waals surface area contributed by atoms with E-state index in [1.54, 1.807) is 18.5 Å². The second-order valence-corrected chi connectivity index (χ2v) is 12.5. The lowest BCUT2D eigenvalue weighted by Gasteiger charge is -2.28. The second-order valence-electron chi connectivity index (χ2n) is 12.5. The SMILES string of the molecule is CC1Oc2cc(N3CCCC3=O)ccc2-c2cnc(Nc3cncc(NC(=O)CCc4cccc(CC(=O)/C=C/CN(C)C)c4)c3)cc21. The number of aryl methyl sites for hydroxylation is 1. The number of amides is 2. The maximum absolute atomic E-state index is 12.8. The molecule has 0 spiro atoms. The molecule has 0 radical (unpaired) electrons. The van der Waals surface area contributed by atoms with Crippen LogP contribution >= 0.6 is 0 Å². The lowest BCUT2D eigenvalue weighted by molar-refractivity contribution is -0.117. The Balaban J connectivity index is 1.05. The summed E-state index contributed by atoms with van der Waals surface area (Å²) in [7, 11) is 3.91. The van der Waals surface area contributed by atoms with E-state index in [2.05, 4.69) is 20.6 Å². The molecule has 246 valence electrons. The molecule has 48 heavy (non-hydrogen) atoms. The van der Waals surface area contributed by atoms with Gasteiger partial charge in [0.2, 0.25) is 11.8 Å². The lowest BCUT2D eigenvalue weighted by Crippen LogP contribution is -2.24. The third kappa shape index (κ3) is 7.95. The van der Waals surface area contributed by atoms with Gasteiger partial charge >= 0.3 is 0 Å². The molecule has 2 aromatic heterocycles. The smallest absolute Gasteiger partial charge is 0.227 e. The van der Waals surface area contributed by atoms with E-state index in [1.807, 2.05) is 97.7 Å². The Morgan fingerprint density at radius 3 is 2.67 bits per heavy atom. The number of rotatable bonds is 12. The van der Waals surface area contributed by atoms with Gasteiger partial charge in [0.05, 0.1) is 23.8 Å². The highest BCUT2D eigenvalue weighted by atomic mass is 16.5. The number of hydrogen-bond acceptors (Lipinski definition) is 8. The van der Waals surface area contributed by atoms with Crippen molar-refractivity contribution in [3.05, 3.63) is 102 Å². The highest BCUT2D eigenvalue weighted by molar-refractivity contribution is 5.96. The van der Waals surface area contributed by atoms with Gasteiger partial charge in [-0.3, -0.25) is 19.4 Å². The molecule has 0 bridgehead atoms. The zero-order valence-electron chi connectivity index (χ0n) is 27.5. The number of carbonyl (C=O) groups excluding carboxylic acids is 3. The van der Waals surface area contributed by atoms with Gasteiger partial charge < -0.3 is 25.2 Å². The van der Waals surface area contributed by atoms with Crippen LogP contribution in [0.3, 0.4) is 0 Å². The lowest BCUT2D eigenvalue weighted by atomic mass is 9.94. The molecule has 1 atom stereocenters. The molecule has 0 aliphatic carbocycles. The second kappa shape index (κ2) is 14.6. The molecular formula is C38H40N6O4. The number of fused-ring (bicyclic) bond motifs is 3. The minimum atomic E-state index is -0.213. The Morgan fingerprint density at radius 2 is 1.85 bits per heavy atom. The van der Waals surface area contributed by atoms with Crippen LogP contribution in [-0.2, 0) is 27.2 Å². The summed E-state index contributed by atoms with van der Waals surface area (Å²) in [6, 6.07) is 17.5. The highest BCUT2D eigenvalue weighted by Gasteiger charge is 2.27. The van der Waals surface area contributed by atoms with Crippen LogP contribution in [0.2, 0.25) is 0 Å². The van der Waals surface area contributed by atoms with Gasteiger partial charge in [-0.05, 0) is 75.3 Å². The summed E-state index contributed by atoms with van der Waals surface area (Å²) in [6.45, 7) is 3.45. The van der Waals surface area contributed by atoms with Crippen LogP contribution in [0.25, 0.3) is 11.1 Å². The fourth-order valence-corrected chi connectivity index (χ4v) is 6.03. The van der Waals surface area contributed by atoms with Crippen LogP contribution in [0.4, 0.5) is 22.9 Å². The fourth-order valence-electron chi connectivity index (χ4n) is 6.03. The van der Waals surface area contributed by atoms with Gasteiger partial charge in [0.15, 0.2) is 5.78 Å². The summed E-state index contributed by atoms with van der Waals surface area (Å²) in [5.74, 6) is 1.44. The number of allylic oxidation sites excluding steroid dienone is 1. The van der Waals surface area contributed by atoms with Crippen molar-refractivity contribution in [3.63, 3.8) is 0 Å². The van der Waals surface area contributed by atoms with Gasteiger partial charge in [0.1, 0.15) is 17.7 Å². The third-order valence-corrected chi connectivity index (χ3v) is 8.40. The first-order chi connectivity index (χ1) is 23.2. The zero-order valence-corrected chi connectivity index (χ0v) is 27.5. The van der Waals surface area contributed by atoms with Crippen molar-refractivity contribution < 1.29 is 19.1 Å². The fraction of sp³-hybridized carbons (Fsp3) is 0.289. The first-order valence-corrected chi connectivity index (χ1v) is 16.3. The van der Waals surface area contributed by atoms with Gasteiger partial charge in [-0.15, -0.1) is 0 Å². The van der Waals surface area contributed by atoms with Gasteiger partial charge in [0, 0.05) is 67.0 Å². The van der Waals surface area contributed by atoms with Crippen molar-refractivity contribution >= 4 is 40.5 Å². The monoisotopic (exact) mass is 644 g/mol. The summed E-state index contributed by atoms with van der Waals surface area (Å²) in [5.41, 5.74) is 6.98. The van der Waals surface area contributed by atoms with Crippen LogP contribution in [0.1, 0.15) is 49.0 Å². The number of ether oxygens (including phenoxy) is 1. The van der Waals surface area contributed by atoms with E-state index in [0.717, 1.165) is 58.8 Å². The summed E-state index contributed by atoms with van der Waals surface area (Å²) in [5, 5.41) is 6.24. The molecule has 2 aliphatic rings. The van der Waals surface area contributed by atoms with Crippen LogP contribution in [-0.4, -0.2) is 59.7 Å². The van der Waals surface area contributed by atoms with Crippen molar-refractivity contribution in [1.82, 2.24) is 14.9 Å². The minimum Gasteiger partial charge on any atom is -0.485 e. The number of ketones is 1. The molecule has 6 rings (SSSR count). The average Bonchev–Trinajstić information content (AvgIpc) is 3.49. The molecular weight excluding hydrogens is 604 g/mol. The highest BCUT2D eigenvalue weighted by Crippen LogP contribution is 2.44. The van der Waals surface area contributed by atoms with Gasteiger partial charge in [-0.25, -0.2) is 4.98 Å². The number of carbonyl (C=O) groups is 3. The Morgan fingerprint density at radius 1 is 1.02 bits per heavy atom. The molecule has 2 aromatic carbocycles. The largest absolute Gasteiger partial charge is 0.485 e. The minimum absolute atomic E-state index is 0.0533. The van der Waals surface area contributed by atoms with E-state index in [9.17, 15) is 14.4 Å². The number of nitrogens with one attached hydrogen (secondary N) is 2. The molecule has 1 unspecified atom stereocenters. The summed E-state index contributed by atoms with van der Waals surface area (Å²) in [4.78, 5) is 50.2. The maximum atomic E-state index is 12.8. The first-order valence-electron chi connectivity index (χ1n) is 16.3. The Bertz CT molecular complexity index is 1870.